The number of carbonyl (C=O) groups is 1. The van der Waals surface area contributed by atoms with Crippen LogP contribution in [0.2, 0.25) is 0 Å². The first-order chi connectivity index (χ1) is 23.3. The molecule has 3 aromatic heterocycles. The number of hydrogen-bond donors (Lipinski definition) is 2. The first-order valence-corrected chi connectivity index (χ1v) is 18.3. The van der Waals surface area contributed by atoms with E-state index in [4.69, 9.17) is 9.72 Å². The Hall–Kier alpha value is -4.21. The molecule has 4 aromatic rings. The van der Waals surface area contributed by atoms with Crippen molar-refractivity contribution in [3.8, 4) is 11.5 Å². The maximum atomic E-state index is 14.2. The van der Waals surface area contributed by atoms with E-state index < -0.39 is 27.6 Å². The van der Waals surface area contributed by atoms with E-state index in [0.29, 0.717) is 47.9 Å². The molecule has 49 heavy (non-hydrogen) atoms. The van der Waals surface area contributed by atoms with Crippen molar-refractivity contribution >= 4 is 32.6 Å². The number of ether oxygens (including phenoxy) is 1. The maximum absolute atomic E-state index is 14.2. The Bertz CT molecular complexity index is 1940. The van der Waals surface area contributed by atoms with Crippen LogP contribution in [0.5, 0.6) is 11.5 Å². The SMILES string of the molecule is CCC[C@H]1CN(C(=O)Nc2ccc(CN3CCN(C)CC3)c(C(F)(F)F)c2)Cc2cc(Oc3ccnc4[nH]c(CS(C)(=O)=O)cc34)cnc21. The fourth-order valence-corrected chi connectivity index (χ4v) is 7.26. The third kappa shape index (κ3) is 8.33. The zero-order chi connectivity index (χ0) is 34.9. The highest BCUT2D eigenvalue weighted by molar-refractivity contribution is 7.89. The van der Waals surface area contributed by atoms with Crippen molar-refractivity contribution in [3.63, 3.8) is 0 Å². The molecule has 0 spiro atoms. The summed E-state index contributed by atoms with van der Waals surface area (Å²) in [5.74, 6) is 0.634. The Morgan fingerprint density at radius 2 is 1.88 bits per heavy atom. The standard InChI is InChI=1S/C34H40F3N7O4S/c1-4-5-23-19-44(33(45)41-25-7-6-22(29(16-25)34(35,36)37)18-43-12-10-42(2)11-13-43)20-24-14-27(17-39-31(23)24)48-30-8-9-38-32-28(30)15-26(40-32)21-49(3,46)47/h6-9,14-17,23H,4-5,10-13,18-21H2,1-3H3,(H,38,40)(H,41,45)/t23-/m0/s1. The zero-order valence-electron chi connectivity index (χ0n) is 27.7. The number of fused-ring (bicyclic) bond motifs is 2. The molecule has 2 aliphatic rings. The molecule has 1 atom stereocenters. The van der Waals surface area contributed by atoms with Gasteiger partial charge in [0.15, 0.2) is 9.84 Å². The molecule has 1 saturated heterocycles. The lowest BCUT2D eigenvalue weighted by Gasteiger charge is -2.34. The summed E-state index contributed by atoms with van der Waals surface area (Å²) in [5, 5.41) is 3.32. The normalized spacial score (nSPS) is 17.7. The van der Waals surface area contributed by atoms with Crippen molar-refractivity contribution in [2.45, 2.75) is 50.7 Å². The third-order valence-corrected chi connectivity index (χ3v) is 9.77. The highest BCUT2D eigenvalue weighted by Crippen LogP contribution is 2.37. The molecule has 2 aliphatic heterocycles. The van der Waals surface area contributed by atoms with Gasteiger partial charge in [0, 0.05) is 75.6 Å². The van der Waals surface area contributed by atoms with Crippen molar-refractivity contribution in [3.05, 3.63) is 76.9 Å². The molecule has 1 fully saturated rings. The van der Waals surface area contributed by atoms with Crippen molar-refractivity contribution in [2.75, 3.05) is 51.3 Å². The first kappa shape index (κ1) is 34.6. The zero-order valence-corrected chi connectivity index (χ0v) is 28.5. The molecular weight excluding hydrogens is 659 g/mol. The molecule has 1 aromatic carbocycles. The van der Waals surface area contributed by atoms with Crippen LogP contribution in [0.4, 0.5) is 23.7 Å². The predicted octanol–water partition coefficient (Wildman–Crippen LogP) is 5.99. The van der Waals surface area contributed by atoms with E-state index in [2.05, 4.69) is 20.2 Å². The van der Waals surface area contributed by atoms with Crippen molar-refractivity contribution in [1.29, 1.82) is 0 Å². The molecule has 0 bridgehead atoms. The number of likely N-dealkylation sites (N-methyl/N-ethyl adjacent to an activating group) is 1. The Balaban J connectivity index is 1.20. The second-order valence-corrected chi connectivity index (χ2v) is 15.1. The number of pyridine rings is 2. The van der Waals surface area contributed by atoms with Crippen LogP contribution in [0.3, 0.4) is 0 Å². The minimum atomic E-state index is -4.57. The molecule has 0 radical (unpaired) electrons. The summed E-state index contributed by atoms with van der Waals surface area (Å²) >= 11 is 0. The van der Waals surface area contributed by atoms with E-state index >= 15 is 0 Å². The van der Waals surface area contributed by atoms with Crippen LogP contribution in [0, 0.1) is 0 Å². The van der Waals surface area contributed by atoms with Gasteiger partial charge in [0.2, 0.25) is 0 Å². The summed E-state index contributed by atoms with van der Waals surface area (Å²) in [4.78, 5) is 31.3. The van der Waals surface area contributed by atoms with Gasteiger partial charge in [0.05, 0.1) is 28.6 Å². The second-order valence-electron chi connectivity index (χ2n) is 13.0. The first-order valence-electron chi connectivity index (χ1n) is 16.2. The second kappa shape index (κ2) is 14.0. The van der Waals surface area contributed by atoms with Gasteiger partial charge in [-0.3, -0.25) is 9.88 Å². The van der Waals surface area contributed by atoms with E-state index in [-0.39, 0.29) is 36.0 Å². The number of aromatic nitrogens is 3. The fourth-order valence-electron chi connectivity index (χ4n) is 6.54. The predicted molar refractivity (Wildman–Crippen MR) is 180 cm³/mol. The number of nitrogens with one attached hydrogen (secondary N) is 2. The summed E-state index contributed by atoms with van der Waals surface area (Å²) in [6.45, 7) is 5.76. The van der Waals surface area contributed by atoms with Crippen LogP contribution in [-0.2, 0) is 34.9 Å². The van der Waals surface area contributed by atoms with E-state index in [1.165, 1.54) is 12.1 Å². The lowest BCUT2D eigenvalue weighted by atomic mass is 9.91. The molecule has 0 aliphatic carbocycles. The minimum absolute atomic E-state index is 0.0684. The van der Waals surface area contributed by atoms with Gasteiger partial charge in [0.1, 0.15) is 17.1 Å². The molecule has 5 heterocycles. The van der Waals surface area contributed by atoms with E-state index in [1.807, 2.05) is 24.9 Å². The Kier molecular flexibility index (Phi) is 9.87. The summed E-state index contributed by atoms with van der Waals surface area (Å²) in [6, 6.07) is 8.69. The lowest BCUT2D eigenvalue weighted by Crippen LogP contribution is -2.44. The molecule has 6 rings (SSSR count). The number of amides is 2. The minimum Gasteiger partial charge on any atom is -0.455 e. The molecule has 11 nitrogen and oxygen atoms in total. The number of halogens is 3. The Labute approximate surface area is 283 Å². The van der Waals surface area contributed by atoms with E-state index in [9.17, 15) is 26.4 Å². The topological polar surface area (TPSA) is 124 Å². The number of anilines is 1. The summed E-state index contributed by atoms with van der Waals surface area (Å²) < 4.78 is 72.4. The largest absolute Gasteiger partial charge is 0.455 e. The van der Waals surface area contributed by atoms with Crippen LogP contribution in [0.25, 0.3) is 11.0 Å². The van der Waals surface area contributed by atoms with Gasteiger partial charge >= 0.3 is 12.2 Å². The van der Waals surface area contributed by atoms with Gasteiger partial charge < -0.3 is 24.8 Å². The van der Waals surface area contributed by atoms with Crippen LogP contribution < -0.4 is 10.1 Å². The van der Waals surface area contributed by atoms with Gasteiger partial charge in [0.25, 0.3) is 0 Å². The molecule has 262 valence electrons. The number of nitrogens with zero attached hydrogens (tertiary/aromatic N) is 5. The number of aromatic amines is 1. The average Bonchev–Trinajstić information content (AvgIpc) is 3.44. The maximum Gasteiger partial charge on any atom is 0.416 e. The number of alkyl halides is 3. The van der Waals surface area contributed by atoms with Gasteiger partial charge in [-0.1, -0.05) is 19.4 Å². The van der Waals surface area contributed by atoms with E-state index in [0.717, 1.165) is 49.5 Å². The van der Waals surface area contributed by atoms with Gasteiger partial charge in [-0.2, -0.15) is 13.2 Å². The summed E-state index contributed by atoms with van der Waals surface area (Å²) in [5.41, 5.74) is 2.10. The molecule has 0 unspecified atom stereocenters. The highest BCUT2D eigenvalue weighted by atomic mass is 32.2. The van der Waals surface area contributed by atoms with Gasteiger partial charge in [-0.15, -0.1) is 0 Å². The molecule has 2 amide bonds. The molecule has 15 heteroatoms. The third-order valence-electron chi connectivity index (χ3n) is 8.94. The summed E-state index contributed by atoms with van der Waals surface area (Å²) in [6.07, 6.45) is 1.37. The van der Waals surface area contributed by atoms with Crippen LogP contribution >= 0.6 is 0 Å². The lowest BCUT2D eigenvalue weighted by molar-refractivity contribution is -0.138. The fraction of sp³-hybridized carbons (Fsp3) is 0.441. The number of sulfone groups is 1. The molecule has 2 N–H and O–H groups in total. The van der Waals surface area contributed by atoms with Crippen LogP contribution in [0.1, 0.15) is 53.8 Å². The number of urea groups is 1. The van der Waals surface area contributed by atoms with E-state index in [1.54, 1.807) is 29.4 Å². The highest BCUT2D eigenvalue weighted by Gasteiger charge is 2.35. The van der Waals surface area contributed by atoms with Crippen molar-refractivity contribution < 1.29 is 31.1 Å². The van der Waals surface area contributed by atoms with Crippen LogP contribution in [0.15, 0.2) is 48.8 Å². The number of hydrogen-bond acceptors (Lipinski definition) is 8. The van der Waals surface area contributed by atoms with Crippen molar-refractivity contribution in [2.24, 2.45) is 0 Å². The smallest absolute Gasteiger partial charge is 0.416 e. The molecular formula is C34H40F3N7O4S. The average molecular weight is 700 g/mol. The number of carbonyl (C=O) groups excluding carboxylic acids is 1. The number of rotatable bonds is 9. The van der Waals surface area contributed by atoms with Crippen molar-refractivity contribution in [1.82, 2.24) is 29.7 Å². The number of H-pyrrole nitrogens is 1. The van der Waals surface area contributed by atoms with Gasteiger partial charge in [-0.25, -0.2) is 18.2 Å². The Morgan fingerprint density at radius 1 is 1.10 bits per heavy atom. The summed E-state index contributed by atoms with van der Waals surface area (Å²) in [7, 11) is -1.27. The van der Waals surface area contributed by atoms with Crippen LogP contribution in [-0.4, -0.2) is 90.1 Å². The molecule has 0 saturated carbocycles. The quantitative estimate of drug-likeness (QED) is 0.218. The Morgan fingerprint density at radius 3 is 2.59 bits per heavy atom. The number of piperazine rings is 1. The monoisotopic (exact) mass is 699 g/mol. The van der Waals surface area contributed by atoms with Gasteiger partial charge in [-0.05, 0) is 54.9 Å². The number of benzene rings is 1.